The number of phenols is 1. The zero-order chi connectivity index (χ0) is 22.9. The standard InChI is InChI=1S/C23H18F6O2/c1-21(15-5-3-2-4-6-15,16-7-11-18(30)12-8-16)17-9-13-19(14-10-17)31-23(28,29)20(24)22(25,26)27/h2-14,20,30H,1H3. The first kappa shape index (κ1) is 22.5. The fraction of sp³-hybridized carbons (Fsp3) is 0.217. The van der Waals surface area contributed by atoms with Crippen LogP contribution in [0.15, 0.2) is 78.9 Å². The van der Waals surface area contributed by atoms with E-state index in [9.17, 15) is 31.4 Å². The van der Waals surface area contributed by atoms with E-state index in [2.05, 4.69) is 4.74 Å². The predicted molar refractivity (Wildman–Crippen MR) is 103 cm³/mol. The fourth-order valence-electron chi connectivity index (χ4n) is 3.32. The van der Waals surface area contributed by atoms with Crippen LogP contribution in [0.4, 0.5) is 26.3 Å². The Bertz CT molecular complexity index is 1000. The molecule has 1 N–H and O–H groups in total. The van der Waals surface area contributed by atoms with E-state index < -0.39 is 29.6 Å². The Morgan fingerprint density at radius 3 is 1.65 bits per heavy atom. The number of aromatic hydroxyl groups is 1. The second-order valence-corrected chi connectivity index (χ2v) is 7.13. The summed E-state index contributed by atoms with van der Waals surface area (Å²) in [6.45, 7) is 1.88. The van der Waals surface area contributed by atoms with Gasteiger partial charge in [0, 0.05) is 5.41 Å². The Labute approximate surface area is 174 Å². The number of hydrogen-bond acceptors (Lipinski definition) is 2. The van der Waals surface area contributed by atoms with Crippen molar-refractivity contribution >= 4 is 0 Å². The average molecular weight is 440 g/mol. The quantitative estimate of drug-likeness (QED) is 0.345. The number of benzene rings is 3. The van der Waals surface area contributed by atoms with Gasteiger partial charge in [-0.1, -0.05) is 54.6 Å². The highest BCUT2D eigenvalue weighted by Gasteiger charge is 2.59. The van der Waals surface area contributed by atoms with Crippen molar-refractivity contribution in [3.63, 3.8) is 0 Å². The minimum atomic E-state index is -5.76. The third kappa shape index (κ3) is 4.62. The van der Waals surface area contributed by atoms with Crippen molar-refractivity contribution < 1.29 is 36.2 Å². The van der Waals surface area contributed by atoms with Gasteiger partial charge in [-0.2, -0.15) is 22.0 Å². The van der Waals surface area contributed by atoms with Crippen molar-refractivity contribution in [2.45, 2.75) is 30.8 Å². The van der Waals surface area contributed by atoms with Gasteiger partial charge < -0.3 is 9.84 Å². The number of rotatable bonds is 6. The number of halogens is 6. The van der Waals surface area contributed by atoms with Crippen LogP contribution in [0.3, 0.4) is 0 Å². The molecule has 0 aliphatic heterocycles. The van der Waals surface area contributed by atoms with Crippen LogP contribution in [-0.2, 0) is 5.41 Å². The molecule has 0 saturated carbocycles. The van der Waals surface area contributed by atoms with Crippen LogP contribution in [0.2, 0.25) is 0 Å². The summed E-state index contributed by atoms with van der Waals surface area (Å²) in [6.07, 6.45) is -15.3. The van der Waals surface area contributed by atoms with E-state index in [1.165, 1.54) is 24.3 Å². The molecule has 0 amide bonds. The Balaban J connectivity index is 1.98. The topological polar surface area (TPSA) is 29.5 Å². The monoisotopic (exact) mass is 440 g/mol. The lowest BCUT2D eigenvalue weighted by atomic mass is 9.71. The zero-order valence-electron chi connectivity index (χ0n) is 16.2. The molecule has 0 fully saturated rings. The van der Waals surface area contributed by atoms with Crippen LogP contribution in [0.25, 0.3) is 0 Å². The third-order valence-corrected chi connectivity index (χ3v) is 5.06. The molecule has 0 aliphatic carbocycles. The van der Waals surface area contributed by atoms with Crippen LogP contribution < -0.4 is 4.74 Å². The maximum absolute atomic E-state index is 13.6. The van der Waals surface area contributed by atoms with Crippen LogP contribution >= 0.6 is 0 Å². The van der Waals surface area contributed by atoms with Gasteiger partial charge in [-0.25, -0.2) is 4.39 Å². The van der Waals surface area contributed by atoms with E-state index in [0.29, 0.717) is 5.56 Å². The maximum Gasteiger partial charge on any atom is 0.439 e. The van der Waals surface area contributed by atoms with Gasteiger partial charge in [0.05, 0.1) is 0 Å². The Kier molecular flexibility index (Phi) is 5.93. The van der Waals surface area contributed by atoms with Gasteiger partial charge in [0.15, 0.2) is 0 Å². The van der Waals surface area contributed by atoms with Crippen LogP contribution in [0.1, 0.15) is 23.6 Å². The van der Waals surface area contributed by atoms with Gasteiger partial charge in [-0.05, 0) is 47.9 Å². The highest BCUT2D eigenvalue weighted by molar-refractivity contribution is 5.51. The maximum atomic E-state index is 13.6. The molecule has 8 heteroatoms. The summed E-state index contributed by atoms with van der Waals surface area (Å²) in [5.74, 6) is -0.544. The number of alkyl halides is 6. The van der Waals surface area contributed by atoms with E-state index in [1.54, 1.807) is 12.1 Å². The molecule has 2 nitrogen and oxygen atoms in total. The molecule has 3 aromatic rings. The molecule has 3 aromatic carbocycles. The SMILES string of the molecule is CC(c1ccccc1)(c1ccc(O)cc1)c1ccc(OC(F)(F)C(F)C(F)(F)F)cc1. The van der Waals surface area contributed by atoms with Crippen LogP contribution in [0.5, 0.6) is 11.5 Å². The van der Waals surface area contributed by atoms with Gasteiger partial charge >= 0.3 is 12.3 Å². The molecule has 2 unspecified atom stereocenters. The van der Waals surface area contributed by atoms with Crippen LogP contribution in [-0.4, -0.2) is 23.6 Å². The van der Waals surface area contributed by atoms with Crippen molar-refractivity contribution in [3.8, 4) is 11.5 Å². The molecule has 0 aromatic heterocycles. The molecule has 2 atom stereocenters. The summed E-state index contributed by atoms with van der Waals surface area (Å²) >= 11 is 0. The first-order chi connectivity index (χ1) is 14.4. The number of phenolic OH excluding ortho intramolecular Hbond substituents is 1. The van der Waals surface area contributed by atoms with Gasteiger partial charge in [0.2, 0.25) is 0 Å². The second-order valence-electron chi connectivity index (χ2n) is 7.13. The van der Waals surface area contributed by atoms with Crippen molar-refractivity contribution in [2.24, 2.45) is 0 Å². The Hall–Kier alpha value is -3.16. The third-order valence-electron chi connectivity index (χ3n) is 5.06. The molecule has 3 rings (SSSR count). The molecule has 0 aliphatic rings. The summed E-state index contributed by atoms with van der Waals surface area (Å²) in [7, 11) is 0. The fourth-order valence-corrected chi connectivity index (χ4v) is 3.32. The average Bonchev–Trinajstić information content (AvgIpc) is 2.73. The van der Waals surface area contributed by atoms with E-state index in [-0.39, 0.29) is 5.75 Å². The van der Waals surface area contributed by atoms with E-state index >= 15 is 0 Å². The molecule has 0 spiro atoms. The Morgan fingerprint density at radius 2 is 1.16 bits per heavy atom. The molecule has 164 valence electrons. The normalized spacial score (nSPS) is 15.2. The summed E-state index contributed by atoms with van der Waals surface area (Å²) < 4.78 is 81.2. The van der Waals surface area contributed by atoms with E-state index in [0.717, 1.165) is 23.3 Å². The molecule has 0 bridgehead atoms. The lowest BCUT2D eigenvalue weighted by molar-refractivity contribution is -0.304. The zero-order valence-corrected chi connectivity index (χ0v) is 16.2. The van der Waals surface area contributed by atoms with Gasteiger partial charge in [0.25, 0.3) is 6.17 Å². The largest absolute Gasteiger partial charge is 0.508 e. The number of hydrogen-bond donors (Lipinski definition) is 1. The van der Waals surface area contributed by atoms with Gasteiger partial charge in [-0.15, -0.1) is 0 Å². The smallest absolute Gasteiger partial charge is 0.439 e. The van der Waals surface area contributed by atoms with Gasteiger partial charge in [0.1, 0.15) is 11.5 Å². The number of ether oxygens (including phenoxy) is 1. The van der Waals surface area contributed by atoms with E-state index in [1.807, 2.05) is 37.3 Å². The Morgan fingerprint density at radius 1 is 0.710 bits per heavy atom. The van der Waals surface area contributed by atoms with E-state index in [4.69, 9.17) is 0 Å². The van der Waals surface area contributed by atoms with Crippen molar-refractivity contribution in [3.05, 3.63) is 95.6 Å². The first-order valence-electron chi connectivity index (χ1n) is 9.18. The lowest BCUT2D eigenvalue weighted by Gasteiger charge is -2.32. The molecular formula is C23H18F6O2. The second kappa shape index (κ2) is 8.17. The van der Waals surface area contributed by atoms with Crippen molar-refractivity contribution in [2.75, 3.05) is 0 Å². The molecule has 0 saturated heterocycles. The highest BCUT2D eigenvalue weighted by atomic mass is 19.4. The molecule has 0 radical (unpaired) electrons. The summed E-state index contributed by atoms with van der Waals surface area (Å²) in [5.41, 5.74) is 1.45. The van der Waals surface area contributed by atoms with Crippen molar-refractivity contribution in [1.82, 2.24) is 0 Å². The summed E-state index contributed by atoms with van der Waals surface area (Å²) in [4.78, 5) is 0. The predicted octanol–water partition coefficient (Wildman–Crippen LogP) is 6.62. The first-order valence-corrected chi connectivity index (χ1v) is 9.18. The minimum Gasteiger partial charge on any atom is -0.508 e. The summed E-state index contributed by atoms with van der Waals surface area (Å²) in [5, 5.41) is 9.61. The molecule has 0 heterocycles. The van der Waals surface area contributed by atoms with Gasteiger partial charge in [-0.3, -0.25) is 0 Å². The lowest BCUT2D eigenvalue weighted by Crippen LogP contribution is -2.45. The van der Waals surface area contributed by atoms with Crippen LogP contribution in [0, 0.1) is 0 Å². The summed E-state index contributed by atoms with van der Waals surface area (Å²) in [6, 6.07) is 20.6. The highest BCUT2D eigenvalue weighted by Crippen LogP contribution is 2.41. The van der Waals surface area contributed by atoms with Crippen molar-refractivity contribution in [1.29, 1.82) is 0 Å². The molecular weight excluding hydrogens is 422 g/mol. The minimum absolute atomic E-state index is 0.0654. The molecule has 31 heavy (non-hydrogen) atoms.